The molecule has 0 saturated carbocycles. The van der Waals surface area contributed by atoms with Gasteiger partial charge < -0.3 is 14.7 Å². The minimum absolute atomic E-state index is 0.00390. The van der Waals surface area contributed by atoms with Crippen molar-refractivity contribution in [2.24, 2.45) is 11.8 Å². The predicted molar refractivity (Wildman–Crippen MR) is 163 cm³/mol. The van der Waals surface area contributed by atoms with E-state index in [0.29, 0.717) is 53.9 Å². The second-order valence-electron chi connectivity index (χ2n) is 10.7. The topological polar surface area (TPSA) is 66.8 Å². The number of benzene rings is 3. The molecule has 3 rings (SSSR count). The molecule has 3 aromatic rings. The summed E-state index contributed by atoms with van der Waals surface area (Å²) in [5.74, 6) is -5.92. The normalized spacial score (nSPS) is 13.2. The van der Waals surface area contributed by atoms with Gasteiger partial charge in [0.2, 0.25) is 5.78 Å². The van der Waals surface area contributed by atoms with Crippen LogP contribution in [0.2, 0.25) is 10.0 Å². The molecular weight excluding hydrogens is 602 g/mol. The molecule has 232 valence electrons. The Morgan fingerprint density at radius 2 is 1.42 bits per heavy atom. The third-order valence-electron chi connectivity index (χ3n) is 7.45. The fourth-order valence-electron chi connectivity index (χ4n) is 5.04. The first kappa shape index (κ1) is 34.4. The zero-order valence-corrected chi connectivity index (χ0v) is 25.6. The molecule has 2 unspecified atom stereocenters. The molecule has 0 aliphatic carbocycles. The third kappa shape index (κ3) is 10.6. The zero-order chi connectivity index (χ0) is 31.6. The van der Waals surface area contributed by atoms with Gasteiger partial charge in [0.05, 0.1) is 5.92 Å². The number of aliphatic carboxylic acids is 1. The lowest BCUT2D eigenvalue weighted by atomic mass is 9.80. The Bertz CT molecular complexity index is 1270. The Kier molecular flexibility index (Phi) is 12.9. The molecule has 0 heterocycles. The van der Waals surface area contributed by atoms with Crippen molar-refractivity contribution < 1.29 is 32.6 Å². The fourth-order valence-corrected chi connectivity index (χ4v) is 5.29. The SMILES string of the molecule is CCCCC(C(=O)O)C(Cc1ccc(OCCN(C)CC(c2ccc(Cl)cc2)c2ccc(Cl)cc2)cc1)C(=O)C(F)(F)F. The van der Waals surface area contributed by atoms with E-state index in [-0.39, 0.29) is 18.8 Å². The zero-order valence-electron chi connectivity index (χ0n) is 24.1. The van der Waals surface area contributed by atoms with Gasteiger partial charge in [-0.2, -0.15) is 13.2 Å². The van der Waals surface area contributed by atoms with Gasteiger partial charge in [-0.25, -0.2) is 0 Å². The van der Waals surface area contributed by atoms with Crippen LogP contribution in [0.15, 0.2) is 72.8 Å². The standard InChI is InChI=1S/C33H36Cl2F3NO4/c1-3-4-5-28(32(41)42)29(31(40)33(36,37)38)20-22-6-16-27(17-7-22)43-19-18-39(2)21-30(23-8-12-25(34)13-9-23)24-10-14-26(35)15-11-24/h6-17,28-30H,3-5,18-21H2,1-2H3,(H,41,42). The van der Waals surface area contributed by atoms with E-state index in [0.717, 1.165) is 11.1 Å². The van der Waals surface area contributed by atoms with Crippen LogP contribution in [0.1, 0.15) is 48.8 Å². The molecule has 0 saturated heterocycles. The Morgan fingerprint density at radius 1 is 0.884 bits per heavy atom. The molecule has 5 nitrogen and oxygen atoms in total. The quantitative estimate of drug-likeness (QED) is 0.171. The molecule has 2 atom stereocenters. The molecule has 0 spiro atoms. The van der Waals surface area contributed by atoms with Gasteiger partial charge in [0.25, 0.3) is 0 Å². The number of rotatable bonds is 16. The van der Waals surface area contributed by atoms with Crippen LogP contribution in [-0.4, -0.2) is 54.7 Å². The molecule has 0 aliphatic rings. The molecule has 0 fully saturated rings. The summed E-state index contributed by atoms with van der Waals surface area (Å²) in [4.78, 5) is 26.1. The Labute approximate surface area is 260 Å². The van der Waals surface area contributed by atoms with Gasteiger partial charge in [0, 0.05) is 35.0 Å². The van der Waals surface area contributed by atoms with Gasteiger partial charge in [-0.1, -0.05) is 79.4 Å². The van der Waals surface area contributed by atoms with E-state index in [4.69, 9.17) is 27.9 Å². The number of hydrogen-bond donors (Lipinski definition) is 1. The number of carbonyl (C=O) groups is 2. The second-order valence-corrected chi connectivity index (χ2v) is 11.5. The van der Waals surface area contributed by atoms with Crippen molar-refractivity contribution in [3.05, 3.63) is 99.5 Å². The summed E-state index contributed by atoms with van der Waals surface area (Å²) in [7, 11) is 1.99. The Hall–Kier alpha value is -3.07. The van der Waals surface area contributed by atoms with E-state index in [1.807, 2.05) is 62.5 Å². The highest BCUT2D eigenvalue weighted by molar-refractivity contribution is 6.30. The number of alkyl halides is 3. The van der Waals surface area contributed by atoms with E-state index in [9.17, 15) is 27.9 Å². The van der Waals surface area contributed by atoms with E-state index < -0.39 is 29.8 Å². The minimum Gasteiger partial charge on any atom is -0.492 e. The molecule has 43 heavy (non-hydrogen) atoms. The first-order chi connectivity index (χ1) is 20.4. The first-order valence-corrected chi connectivity index (χ1v) is 14.9. The molecule has 0 bridgehead atoms. The van der Waals surface area contributed by atoms with Gasteiger partial charge in [0.15, 0.2) is 0 Å². The van der Waals surface area contributed by atoms with Crippen LogP contribution in [0, 0.1) is 11.8 Å². The number of hydrogen-bond acceptors (Lipinski definition) is 4. The van der Waals surface area contributed by atoms with Gasteiger partial charge in [0.1, 0.15) is 12.4 Å². The van der Waals surface area contributed by atoms with Crippen molar-refractivity contribution in [2.45, 2.75) is 44.7 Å². The second kappa shape index (κ2) is 16.1. The smallest absolute Gasteiger partial charge is 0.450 e. The van der Waals surface area contributed by atoms with Gasteiger partial charge in [-0.15, -0.1) is 0 Å². The third-order valence-corrected chi connectivity index (χ3v) is 7.95. The van der Waals surface area contributed by atoms with Crippen LogP contribution in [-0.2, 0) is 16.0 Å². The highest BCUT2D eigenvalue weighted by atomic mass is 35.5. The van der Waals surface area contributed by atoms with Gasteiger partial charge in [-0.05, 0) is 73.0 Å². The van der Waals surface area contributed by atoms with Crippen LogP contribution < -0.4 is 4.74 Å². The van der Waals surface area contributed by atoms with E-state index in [2.05, 4.69) is 4.90 Å². The summed E-state index contributed by atoms with van der Waals surface area (Å²) in [5.41, 5.74) is 2.65. The van der Waals surface area contributed by atoms with Gasteiger partial charge >= 0.3 is 12.1 Å². The van der Waals surface area contributed by atoms with E-state index in [1.165, 1.54) is 0 Å². The number of likely N-dealkylation sites (N-methyl/N-ethyl adjacent to an activating group) is 1. The highest BCUT2D eigenvalue weighted by Crippen LogP contribution is 2.32. The van der Waals surface area contributed by atoms with Crippen molar-refractivity contribution >= 4 is 35.0 Å². The molecule has 0 aromatic heterocycles. The molecule has 0 radical (unpaired) electrons. The van der Waals surface area contributed by atoms with Crippen LogP contribution in [0.25, 0.3) is 0 Å². The summed E-state index contributed by atoms with van der Waals surface area (Å²) >= 11 is 12.2. The summed E-state index contributed by atoms with van der Waals surface area (Å²) in [6.07, 6.45) is -4.40. The molecule has 1 N–H and O–H groups in total. The van der Waals surface area contributed by atoms with Crippen molar-refractivity contribution in [1.29, 1.82) is 0 Å². The lowest BCUT2D eigenvalue weighted by Crippen LogP contribution is -2.39. The maximum absolute atomic E-state index is 13.3. The maximum Gasteiger partial charge on any atom is 0.450 e. The molecule has 10 heteroatoms. The van der Waals surface area contributed by atoms with Crippen LogP contribution in [0.4, 0.5) is 13.2 Å². The summed E-state index contributed by atoms with van der Waals surface area (Å²) in [5, 5.41) is 10.9. The number of ether oxygens (including phenoxy) is 1. The Balaban J connectivity index is 1.62. The fraction of sp³-hybridized carbons (Fsp3) is 0.394. The molecule has 0 aliphatic heterocycles. The van der Waals surface area contributed by atoms with Crippen molar-refractivity contribution in [3.63, 3.8) is 0 Å². The number of carboxylic acids is 1. The summed E-state index contributed by atoms with van der Waals surface area (Å²) in [6, 6.07) is 21.9. The maximum atomic E-state index is 13.3. The number of halogens is 5. The largest absolute Gasteiger partial charge is 0.492 e. The Morgan fingerprint density at radius 3 is 1.88 bits per heavy atom. The summed E-state index contributed by atoms with van der Waals surface area (Å²) in [6.45, 7) is 3.47. The lowest BCUT2D eigenvalue weighted by molar-refractivity contribution is -0.179. The van der Waals surface area contributed by atoms with Crippen LogP contribution >= 0.6 is 23.2 Å². The highest BCUT2D eigenvalue weighted by Gasteiger charge is 2.47. The average Bonchev–Trinajstić information content (AvgIpc) is 2.96. The number of Topliss-reactive ketones (excluding diaryl/α,β-unsaturated/α-hetero) is 1. The monoisotopic (exact) mass is 637 g/mol. The van der Waals surface area contributed by atoms with Crippen LogP contribution in [0.3, 0.4) is 0 Å². The van der Waals surface area contributed by atoms with Crippen molar-refractivity contribution in [2.75, 3.05) is 26.7 Å². The molecule has 0 amide bonds. The van der Waals surface area contributed by atoms with Crippen molar-refractivity contribution in [1.82, 2.24) is 4.90 Å². The number of carboxylic acid groups (broad SMARTS) is 1. The van der Waals surface area contributed by atoms with E-state index in [1.54, 1.807) is 24.3 Å². The lowest BCUT2D eigenvalue weighted by Gasteiger charge is -2.25. The number of unbranched alkanes of at least 4 members (excludes halogenated alkanes) is 1. The van der Waals surface area contributed by atoms with Crippen molar-refractivity contribution in [3.8, 4) is 5.75 Å². The number of ketones is 1. The number of nitrogens with zero attached hydrogens (tertiary/aromatic N) is 1. The minimum atomic E-state index is -5.11. The number of carbonyl (C=O) groups excluding carboxylic acids is 1. The van der Waals surface area contributed by atoms with E-state index >= 15 is 0 Å². The molecule has 3 aromatic carbocycles. The molecular formula is C33H36Cl2F3NO4. The van der Waals surface area contributed by atoms with Gasteiger partial charge in [-0.3, -0.25) is 9.59 Å². The summed E-state index contributed by atoms with van der Waals surface area (Å²) < 4.78 is 45.9. The van der Waals surface area contributed by atoms with Crippen LogP contribution in [0.5, 0.6) is 5.75 Å². The average molecular weight is 639 g/mol. The predicted octanol–water partition coefficient (Wildman–Crippen LogP) is 8.32. The first-order valence-electron chi connectivity index (χ1n) is 14.1.